The summed E-state index contributed by atoms with van der Waals surface area (Å²) in [6.45, 7) is 9.39. The maximum Gasteiger partial charge on any atom is 0.278 e. The zero-order valence-corrected chi connectivity index (χ0v) is 19.7. The Kier molecular flexibility index (Phi) is 8.49. The number of carbonyl (C=O) groups is 2. The third-order valence-corrected chi connectivity index (χ3v) is 4.96. The summed E-state index contributed by atoms with van der Waals surface area (Å²) in [5.74, 6) is 0.675. The molecule has 0 spiro atoms. The first-order valence-electron chi connectivity index (χ1n) is 11.4. The van der Waals surface area contributed by atoms with Crippen molar-refractivity contribution < 1.29 is 23.8 Å². The Labute approximate surface area is 195 Å². The highest BCUT2D eigenvalue weighted by atomic mass is 16.5. The van der Waals surface area contributed by atoms with Crippen LogP contribution >= 0.6 is 0 Å². The number of hydrogen-bond donors (Lipinski definition) is 1. The zero-order valence-electron chi connectivity index (χ0n) is 19.7. The van der Waals surface area contributed by atoms with Gasteiger partial charge in [-0.15, -0.1) is 0 Å². The van der Waals surface area contributed by atoms with Crippen molar-refractivity contribution in [3.8, 4) is 11.5 Å². The van der Waals surface area contributed by atoms with E-state index in [1.165, 1.54) is 4.90 Å². The fraction of sp³-hybridized carbons (Fsp3) is 0.385. The number of anilines is 1. The average molecular weight is 453 g/mol. The van der Waals surface area contributed by atoms with Crippen LogP contribution in [0.25, 0.3) is 5.57 Å². The summed E-state index contributed by atoms with van der Waals surface area (Å²) in [7, 11) is 0. The predicted molar refractivity (Wildman–Crippen MR) is 128 cm³/mol. The molecule has 1 N–H and O–H groups in total. The van der Waals surface area contributed by atoms with E-state index >= 15 is 0 Å². The smallest absolute Gasteiger partial charge is 0.278 e. The van der Waals surface area contributed by atoms with E-state index in [1.54, 1.807) is 24.3 Å². The summed E-state index contributed by atoms with van der Waals surface area (Å²) in [6.07, 6.45) is 0.908. The van der Waals surface area contributed by atoms with E-state index in [1.807, 2.05) is 52.0 Å². The molecule has 0 atom stereocenters. The lowest BCUT2D eigenvalue weighted by atomic mass is 10.0. The van der Waals surface area contributed by atoms with Gasteiger partial charge in [0.1, 0.15) is 17.2 Å². The minimum atomic E-state index is -0.379. The molecule has 0 unspecified atom stereocenters. The molecular formula is C26H32N2O5. The van der Waals surface area contributed by atoms with Gasteiger partial charge in [-0.05, 0) is 57.0 Å². The lowest BCUT2D eigenvalue weighted by Gasteiger charge is -2.16. The van der Waals surface area contributed by atoms with Gasteiger partial charge in [-0.1, -0.05) is 25.1 Å². The Hall–Kier alpha value is -3.32. The Morgan fingerprint density at radius 1 is 0.909 bits per heavy atom. The molecular weight excluding hydrogens is 420 g/mol. The minimum Gasteiger partial charge on any atom is -0.494 e. The highest BCUT2D eigenvalue weighted by Crippen LogP contribution is 2.32. The van der Waals surface area contributed by atoms with E-state index < -0.39 is 0 Å². The maximum atomic E-state index is 13.3. The summed E-state index contributed by atoms with van der Waals surface area (Å²) in [5, 5.41) is 3.17. The van der Waals surface area contributed by atoms with Crippen molar-refractivity contribution in [3.05, 3.63) is 59.8 Å². The molecule has 2 amide bonds. The van der Waals surface area contributed by atoms with Crippen molar-refractivity contribution in [1.29, 1.82) is 0 Å². The number of ether oxygens (including phenoxy) is 3. The van der Waals surface area contributed by atoms with Gasteiger partial charge < -0.3 is 19.5 Å². The van der Waals surface area contributed by atoms with Crippen LogP contribution in [0.1, 0.15) is 39.7 Å². The minimum absolute atomic E-state index is 0.0137. The van der Waals surface area contributed by atoms with E-state index in [9.17, 15) is 9.59 Å². The van der Waals surface area contributed by atoms with Crippen molar-refractivity contribution in [1.82, 2.24) is 4.90 Å². The van der Waals surface area contributed by atoms with Crippen molar-refractivity contribution >= 4 is 23.1 Å². The second-order valence-electron chi connectivity index (χ2n) is 7.89. The Morgan fingerprint density at radius 3 is 2.33 bits per heavy atom. The van der Waals surface area contributed by atoms with Gasteiger partial charge in [0.25, 0.3) is 11.8 Å². The van der Waals surface area contributed by atoms with Gasteiger partial charge in [0.2, 0.25) is 0 Å². The van der Waals surface area contributed by atoms with Crippen LogP contribution in [0.15, 0.2) is 54.2 Å². The lowest BCUT2D eigenvalue weighted by molar-refractivity contribution is -0.137. The molecule has 0 fully saturated rings. The van der Waals surface area contributed by atoms with Crippen molar-refractivity contribution in [2.75, 3.05) is 31.7 Å². The van der Waals surface area contributed by atoms with Crippen LogP contribution in [0.4, 0.5) is 5.69 Å². The topological polar surface area (TPSA) is 77.1 Å². The van der Waals surface area contributed by atoms with Gasteiger partial charge >= 0.3 is 0 Å². The Bertz CT molecular complexity index is 998. The van der Waals surface area contributed by atoms with E-state index in [0.29, 0.717) is 41.5 Å². The SMILES string of the molecule is CCCOc1cccc(NC2=C(c3ccc(OCC)cc3)C(=O)N(CCOC(C)C)C2=O)c1. The molecule has 0 radical (unpaired) electrons. The molecule has 1 aliphatic rings. The monoisotopic (exact) mass is 452 g/mol. The number of hydrogen-bond acceptors (Lipinski definition) is 6. The summed E-state index contributed by atoms with van der Waals surface area (Å²) in [4.78, 5) is 27.8. The number of rotatable bonds is 12. The van der Waals surface area contributed by atoms with Crippen LogP contribution in [-0.4, -0.2) is 49.2 Å². The van der Waals surface area contributed by atoms with Gasteiger partial charge in [-0.25, -0.2) is 0 Å². The van der Waals surface area contributed by atoms with E-state index in [0.717, 1.165) is 6.42 Å². The number of imide groups is 1. The lowest BCUT2D eigenvalue weighted by Crippen LogP contribution is -2.35. The molecule has 1 aliphatic heterocycles. The van der Waals surface area contributed by atoms with E-state index in [4.69, 9.17) is 14.2 Å². The first-order valence-corrected chi connectivity index (χ1v) is 11.4. The fourth-order valence-electron chi connectivity index (χ4n) is 3.45. The van der Waals surface area contributed by atoms with Gasteiger partial charge in [0, 0.05) is 11.8 Å². The Morgan fingerprint density at radius 2 is 1.67 bits per heavy atom. The molecule has 33 heavy (non-hydrogen) atoms. The molecule has 0 bridgehead atoms. The Balaban J connectivity index is 1.92. The molecule has 176 valence electrons. The third-order valence-electron chi connectivity index (χ3n) is 4.96. The van der Waals surface area contributed by atoms with Crippen LogP contribution < -0.4 is 14.8 Å². The molecule has 0 saturated heterocycles. The maximum absolute atomic E-state index is 13.3. The first-order chi connectivity index (χ1) is 15.9. The first kappa shape index (κ1) is 24.3. The molecule has 0 aliphatic carbocycles. The van der Waals surface area contributed by atoms with Crippen LogP contribution in [0.5, 0.6) is 11.5 Å². The van der Waals surface area contributed by atoms with Gasteiger partial charge in [0.05, 0.1) is 38.0 Å². The van der Waals surface area contributed by atoms with Gasteiger partial charge in [-0.3, -0.25) is 14.5 Å². The van der Waals surface area contributed by atoms with Gasteiger partial charge in [-0.2, -0.15) is 0 Å². The van der Waals surface area contributed by atoms with Crippen LogP contribution in [-0.2, 0) is 14.3 Å². The predicted octanol–water partition coefficient (Wildman–Crippen LogP) is 4.49. The molecule has 0 aromatic heterocycles. The molecule has 3 rings (SSSR count). The number of carbonyl (C=O) groups excluding carboxylic acids is 2. The van der Waals surface area contributed by atoms with Crippen LogP contribution in [0.3, 0.4) is 0 Å². The fourth-order valence-corrected chi connectivity index (χ4v) is 3.45. The quantitative estimate of drug-likeness (QED) is 0.478. The van der Waals surface area contributed by atoms with Crippen molar-refractivity contribution in [2.24, 2.45) is 0 Å². The molecule has 1 heterocycles. The molecule has 7 heteroatoms. The summed E-state index contributed by atoms with van der Waals surface area (Å²) < 4.78 is 16.8. The largest absolute Gasteiger partial charge is 0.494 e. The van der Waals surface area contributed by atoms with Crippen molar-refractivity contribution in [2.45, 2.75) is 40.2 Å². The molecule has 2 aromatic rings. The van der Waals surface area contributed by atoms with Gasteiger partial charge in [0.15, 0.2) is 0 Å². The zero-order chi connectivity index (χ0) is 23.8. The number of nitrogens with one attached hydrogen (secondary N) is 1. The molecule has 7 nitrogen and oxygen atoms in total. The summed E-state index contributed by atoms with van der Waals surface area (Å²) in [6, 6.07) is 14.5. The molecule has 0 saturated carbocycles. The normalized spacial score (nSPS) is 13.8. The van der Waals surface area contributed by atoms with Crippen LogP contribution in [0.2, 0.25) is 0 Å². The summed E-state index contributed by atoms with van der Waals surface area (Å²) in [5.41, 5.74) is 1.88. The van der Waals surface area contributed by atoms with E-state index in [-0.39, 0.29) is 36.8 Å². The average Bonchev–Trinajstić information content (AvgIpc) is 3.03. The van der Waals surface area contributed by atoms with Crippen LogP contribution in [0, 0.1) is 0 Å². The summed E-state index contributed by atoms with van der Waals surface area (Å²) >= 11 is 0. The standard InChI is InChI=1S/C26H32N2O5/c1-5-15-33-22-9-7-8-20(17-22)27-24-23(19-10-12-21(13-11-19)31-6-2)25(29)28(26(24)30)14-16-32-18(3)4/h7-13,17-18,27H,5-6,14-16H2,1-4H3. The second-order valence-corrected chi connectivity index (χ2v) is 7.89. The third kappa shape index (κ3) is 6.14. The highest BCUT2D eigenvalue weighted by Gasteiger charge is 2.39. The number of amides is 2. The number of nitrogens with zero attached hydrogens (tertiary/aromatic N) is 1. The molecule has 2 aromatic carbocycles. The van der Waals surface area contributed by atoms with E-state index in [2.05, 4.69) is 5.32 Å². The highest BCUT2D eigenvalue weighted by molar-refractivity contribution is 6.36. The van der Waals surface area contributed by atoms with Crippen molar-refractivity contribution in [3.63, 3.8) is 0 Å². The number of benzene rings is 2. The second kappa shape index (κ2) is 11.5.